The van der Waals surface area contributed by atoms with Crippen LogP contribution in [0, 0.1) is 6.92 Å². The average Bonchev–Trinajstić information content (AvgIpc) is 2.41. The number of nitrogens with one attached hydrogen (secondary N) is 1. The van der Waals surface area contributed by atoms with Crippen molar-refractivity contribution in [2.45, 2.75) is 20.8 Å². The number of hydrogen-bond acceptors (Lipinski definition) is 4. The van der Waals surface area contributed by atoms with Crippen molar-refractivity contribution in [2.75, 3.05) is 23.3 Å². The van der Waals surface area contributed by atoms with Gasteiger partial charge in [-0.05, 0) is 38.5 Å². The van der Waals surface area contributed by atoms with Crippen molar-refractivity contribution in [2.24, 2.45) is 0 Å². The zero-order valence-corrected chi connectivity index (χ0v) is 11.7. The zero-order chi connectivity index (χ0) is 13.7. The van der Waals surface area contributed by atoms with Gasteiger partial charge in [-0.2, -0.15) is 0 Å². The third-order valence-corrected chi connectivity index (χ3v) is 3.03. The van der Waals surface area contributed by atoms with Crippen molar-refractivity contribution in [1.29, 1.82) is 0 Å². The maximum atomic E-state index is 4.32. The number of benzene rings is 1. The standard InChI is InChI=1S/C15H20N4/c1-4-19(5-2)15-10-14(16-11-17-15)18-13-8-6-7-12(3)9-13/h6-11H,4-5H2,1-3H3,(H,16,17,18). The molecule has 0 aliphatic carbocycles. The number of nitrogens with zero attached hydrogens (tertiary/aromatic N) is 3. The molecule has 0 fully saturated rings. The Morgan fingerprint density at radius 1 is 1.11 bits per heavy atom. The number of aryl methyl sites for hydroxylation is 1. The highest BCUT2D eigenvalue weighted by Crippen LogP contribution is 2.19. The molecule has 0 aliphatic heterocycles. The van der Waals surface area contributed by atoms with Crippen LogP contribution in [0.2, 0.25) is 0 Å². The van der Waals surface area contributed by atoms with Crippen LogP contribution < -0.4 is 10.2 Å². The van der Waals surface area contributed by atoms with Crippen LogP contribution >= 0.6 is 0 Å². The van der Waals surface area contributed by atoms with Gasteiger partial charge in [-0.3, -0.25) is 0 Å². The van der Waals surface area contributed by atoms with Gasteiger partial charge in [-0.25, -0.2) is 9.97 Å². The normalized spacial score (nSPS) is 10.3. The van der Waals surface area contributed by atoms with E-state index in [-0.39, 0.29) is 0 Å². The summed E-state index contributed by atoms with van der Waals surface area (Å²) in [6, 6.07) is 10.2. The van der Waals surface area contributed by atoms with Gasteiger partial charge in [-0.15, -0.1) is 0 Å². The molecular weight excluding hydrogens is 236 g/mol. The lowest BCUT2D eigenvalue weighted by Gasteiger charge is -2.19. The molecule has 1 heterocycles. The molecule has 0 aliphatic rings. The second-order valence-electron chi connectivity index (χ2n) is 4.43. The second kappa shape index (κ2) is 6.18. The highest BCUT2D eigenvalue weighted by Gasteiger charge is 2.05. The topological polar surface area (TPSA) is 41.0 Å². The Morgan fingerprint density at radius 3 is 2.58 bits per heavy atom. The average molecular weight is 256 g/mol. The summed E-state index contributed by atoms with van der Waals surface area (Å²) in [5, 5.41) is 3.31. The SMILES string of the molecule is CCN(CC)c1cc(Nc2cccc(C)c2)ncn1. The lowest BCUT2D eigenvalue weighted by atomic mass is 10.2. The van der Waals surface area contributed by atoms with Gasteiger partial charge in [0.15, 0.2) is 0 Å². The first-order valence-electron chi connectivity index (χ1n) is 6.63. The van der Waals surface area contributed by atoms with E-state index in [9.17, 15) is 0 Å². The number of anilines is 3. The molecule has 2 aromatic rings. The van der Waals surface area contributed by atoms with Crippen LogP contribution in [0.4, 0.5) is 17.3 Å². The number of aromatic nitrogens is 2. The van der Waals surface area contributed by atoms with E-state index in [2.05, 4.69) is 53.1 Å². The van der Waals surface area contributed by atoms with E-state index in [4.69, 9.17) is 0 Å². The van der Waals surface area contributed by atoms with E-state index < -0.39 is 0 Å². The van der Waals surface area contributed by atoms with E-state index in [0.29, 0.717) is 0 Å². The van der Waals surface area contributed by atoms with Crippen LogP contribution in [0.15, 0.2) is 36.7 Å². The molecule has 19 heavy (non-hydrogen) atoms. The molecule has 100 valence electrons. The van der Waals surface area contributed by atoms with Crippen LogP contribution in [0.25, 0.3) is 0 Å². The maximum absolute atomic E-state index is 4.32. The molecule has 0 amide bonds. The van der Waals surface area contributed by atoms with E-state index in [0.717, 1.165) is 30.4 Å². The fraction of sp³-hybridized carbons (Fsp3) is 0.333. The molecule has 1 aromatic carbocycles. The lowest BCUT2D eigenvalue weighted by molar-refractivity contribution is 0.842. The van der Waals surface area contributed by atoms with Crippen molar-refractivity contribution in [3.8, 4) is 0 Å². The minimum atomic E-state index is 0.822. The van der Waals surface area contributed by atoms with Gasteiger partial charge >= 0.3 is 0 Å². The van der Waals surface area contributed by atoms with Crippen molar-refractivity contribution in [1.82, 2.24) is 9.97 Å². The molecule has 0 atom stereocenters. The summed E-state index contributed by atoms with van der Waals surface area (Å²) in [6.07, 6.45) is 1.60. The third-order valence-electron chi connectivity index (χ3n) is 3.03. The van der Waals surface area contributed by atoms with E-state index in [1.165, 1.54) is 5.56 Å². The molecule has 0 radical (unpaired) electrons. The highest BCUT2D eigenvalue weighted by atomic mass is 15.2. The molecule has 0 saturated carbocycles. The van der Waals surface area contributed by atoms with Crippen LogP contribution in [0.3, 0.4) is 0 Å². The fourth-order valence-electron chi connectivity index (χ4n) is 2.01. The Hall–Kier alpha value is -2.10. The first kappa shape index (κ1) is 13.3. The van der Waals surface area contributed by atoms with Gasteiger partial charge < -0.3 is 10.2 Å². The van der Waals surface area contributed by atoms with Gasteiger partial charge in [0.05, 0.1) is 0 Å². The molecule has 0 spiro atoms. The van der Waals surface area contributed by atoms with Crippen LogP contribution in [0.5, 0.6) is 0 Å². The molecule has 2 rings (SSSR count). The summed E-state index contributed by atoms with van der Waals surface area (Å²) in [5.41, 5.74) is 2.27. The van der Waals surface area contributed by atoms with E-state index in [1.54, 1.807) is 6.33 Å². The zero-order valence-electron chi connectivity index (χ0n) is 11.7. The van der Waals surface area contributed by atoms with Crippen LogP contribution in [0.1, 0.15) is 19.4 Å². The summed E-state index contributed by atoms with van der Waals surface area (Å²) >= 11 is 0. The molecule has 0 unspecified atom stereocenters. The predicted octanol–water partition coefficient (Wildman–Crippen LogP) is 3.37. The van der Waals surface area contributed by atoms with Gasteiger partial charge in [-0.1, -0.05) is 12.1 Å². The number of hydrogen-bond donors (Lipinski definition) is 1. The maximum Gasteiger partial charge on any atom is 0.135 e. The Bertz CT molecular complexity index is 535. The summed E-state index contributed by atoms with van der Waals surface area (Å²) in [5.74, 6) is 1.78. The van der Waals surface area contributed by atoms with E-state index in [1.807, 2.05) is 18.2 Å². The van der Waals surface area contributed by atoms with Crippen molar-refractivity contribution < 1.29 is 0 Å². The molecule has 4 nitrogen and oxygen atoms in total. The highest BCUT2D eigenvalue weighted by molar-refractivity contribution is 5.59. The Morgan fingerprint density at radius 2 is 1.89 bits per heavy atom. The largest absolute Gasteiger partial charge is 0.357 e. The molecule has 0 saturated heterocycles. The Kier molecular flexibility index (Phi) is 4.34. The van der Waals surface area contributed by atoms with Gasteiger partial charge in [0, 0.05) is 24.8 Å². The van der Waals surface area contributed by atoms with Crippen molar-refractivity contribution in [3.05, 3.63) is 42.2 Å². The fourth-order valence-corrected chi connectivity index (χ4v) is 2.01. The minimum Gasteiger partial charge on any atom is -0.357 e. The minimum absolute atomic E-state index is 0.822. The van der Waals surface area contributed by atoms with Gasteiger partial charge in [0.1, 0.15) is 18.0 Å². The molecular formula is C15H20N4. The molecule has 1 N–H and O–H groups in total. The summed E-state index contributed by atoms with van der Waals surface area (Å²) in [7, 11) is 0. The summed E-state index contributed by atoms with van der Waals surface area (Å²) in [4.78, 5) is 10.8. The second-order valence-corrected chi connectivity index (χ2v) is 4.43. The quantitative estimate of drug-likeness (QED) is 0.890. The van der Waals surface area contributed by atoms with Crippen LogP contribution in [-0.4, -0.2) is 23.1 Å². The molecule has 4 heteroatoms. The summed E-state index contributed by atoms with van der Waals surface area (Å²) < 4.78 is 0. The predicted molar refractivity (Wildman–Crippen MR) is 80.1 cm³/mol. The first-order chi connectivity index (χ1) is 9.22. The Labute approximate surface area is 114 Å². The number of rotatable bonds is 5. The van der Waals surface area contributed by atoms with Crippen molar-refractivity contribution in [3.63, 3.8) is 0 Å². The van der Waals surface area contributed by atoms with Crippen LogP contribution in [-0.2, 0) is 0 Å². The Balaban J connectivity index is 2.19. The van der Waals surface area contributed by atoms with Crippen molar-refractivity contribution >= 4 is 17.3 Å². The lowest BCUT2D eigenvalue weighted by Crippen LogP contribution is -2.23. The monoisotopic (exact) mass is 256 g/mol. The summed E-state index contributed by atoms with van der Waals surface area (Å²) in [6.45, 7) is 8.21. The third kappa shape index (κ3) is 3.44. The molecule has 0 bridgehead atoms. The molecule has 1 aromatic heterocycles. The van der Waals surface area contributed by atoms with Gasteiger partial charge in [0.25, 0.3) is 0 Å². The first-order valence-corrected chi connectivity index (χ1v) is 6.63. The van der Waals surface area contributed by atoms with E-state index >= 15 is 0 Å². The smallest absolute Gasteiger partial charge is 0.135 e. The van der Waals surface area contributed by atoms with Gasteiger partial charge in [0.2, 0.25) is 0 Å².